The quantitative estimate of drug-likeness (QED) is 0.593. The van der Waals surface area contributed by atoms with Crippen LogP contribution in [0.2, 0.25) is 0 Å². The molecule has 6 nitrogen and oxygen atoms in total. The zero-order valence-corrected chi connectivity index (χ0v) is 8.34. The van der Waals surface area contributed by atoms with Crippen LogP contribution < -0.4 is 0 Å². The van der Waals surface area contributed by atoms with Gasteiger partial charge in [-0.25, -0.2) is 9.59 Å². The summed E-state index contributed by atoms with van der Waals surface area (Å²) in [5.41, 5.74) is 0. The van der Waals surface area contributed by atoms with E-state index in [0.717, 1.165) is 12.8 Å². The van der Waals surface area contributed by atoms with E-state index in [1.165, 1.54) is 0 Å². The third-order valence-corrected chi connectivity index (χ3v) is 1.11. The minimum atomic E-state index is -1.26. The van der Waals surface area contributed by atoms with Gasteiger partial charge in [-0.05, 0) is 6.42 Å². The average Bonchev–Trinajstić information content (AvgIpc) is 2.12. The second-order valence-electron chi connectivity index (χ2n) is 2.51. The van der Waals surface area contributed by atoms with E-state index in [9.17, 15) is 14.4 Å². The highest BCUT2D eigenvalue weighted by Gasteiger charge is 1.90. The topological polar surface area (TPSA) is 112 Å². The van der Waals surface area contributed by atoms with Crippen molar-refractivity contribution in [2.24, 2.45) is 0 Å². The van der Waals surface area contributed by atoms with Crippen molar-refractivity contribution < 1.29 is 29.7 Å². The van der Waals surface area contributed by atoms with Crippen molar-refractivity contribution in [2.45, 2.75) is 26.2 Å². The van der Waals surface area contributed by atoms with E-state index in [-0.39, 0.29) is 0 Å². The Kier molecular flexibility index (Phi) is 10.7. The number of aliphatic carboxylic acids is 3. The molecule has 0 atom stereocenters. The summed E-state index contributed by atoms with van der Waals surface area (Å²) in [6.45, 7) is 1.98. The van der Waals surface area contributed by atoms with Crippen LogP contribution in [-0.2, 0) is 14.4 Å². The number of carbonyl (C=O) groups is 3. The zero-order chi connectivity index (χ0) is 12.3. The van der Waals surface area contributed by atoms with E-state index >= 15 is 0 Å². The molecule has 0 saturated heterocycles. The van der Waals surface area contributed by atoms with Crippen LogP contribution in [-0.4, -0.2) is 33.2 Å². The molecule has 6 heteroatoms. The number of hydrogen-bond donors (Lipinski definition) is 3. The van der Waals surface area contributed by atoms with Crippen LogP contribution in [0.3, 0.4) is 0 Å². The summed E-state index contributed by atoms with van der Waals surface area (Å²) in [5.74, 6) is -3.21. The SMILES string of the molecule is CCCCC(=O)O.O=C(O)/C=C\C(=O)O. The summed E-state index contributed by atoms with van der Waals surface area (Å²) >= 11 is 0. The number of carboxylic acids is 3. The van der Waals surface area contributed by atoms with Crippen molar-refractivity contribution in [3.8, 4) is 0 Å². The maximum atomic E-state index is 9.76. The van der Waals surface area contributed by atoms with Gasteiger partial charge in [-0.15, -0.1) is 0 Å². The molecule has 0 saturated carbocycles. The minimum absolute atomic E-state index is 0.316. The van der Waals surface area contributed by atoms with Crippen LogP contribution >= 0.6 is 0 Å². The lowest BCUT2D eigenvalue weighted by Gasteiger charge is -1.85. The van der Waals surface area contributed by atoms with Gasteiger partial charge in [-0.2, -0.15) is 0 Å². The van der Waals surface area contributed by atoms with Gasteiger partial charge >= 0.3 is 17.9 Å². The van der Waals surface area contributed by atoms with Crippen LogP contribution in [0.4, 0.5) is 0 Å². The summed E-state index contributed by atoms with van der Waals surface area (Å²) in [5, 5.41) is 23.7. The molecule has 0 aromatic heterocycles. The molecule has 0 aliphatic rings. The fraction of sp³-hybridized carbons (Fsp3) is 0.444. The molecule has 0 aromatic rings. The molecule has 0 aliphatic heterocycles. The maximum Gasteiger partial charge on any atom is 0.328 e. The minimum Gasteiger partial charge on any atom is -0.481 e. The van der Waals surface area contributed by atoms with Crippen LogP contribution in [0.25, 0.3) is 0 Å². The molecule has 0 aromatic carbocycles. The Morgan fingerprint density at radius 2 is 1.40 bits per heavy atom. The monoisotopic (exact) mass is 218 g/mol. The van der Waals surface area contributed by atoms with Crippen LogP contribution in [0.15, 0.2) is 12.2 Å². The lowest BCUT2D eigenvalue weighted by molar-refractivity contribution is -0.137. The molecule has 0 spiro atoms. The van der Waals surface area contributed by atoms with Gasteiger partial charge in [0.25, 0.3) is 0 Å². The molecule has 15 heavy (non-hydrogen) atoms. The van der Waals surface area contributed by atoms with Crippen molar-refractivity contribution in [2.75, 3.05) is 0 Å². The molecule has 0 heterocycles. The smallest absolute Gasteiger partial charge is 0.328 e. The van der Waals surface area contributed by atoms with E-state index in [4.69, 9.17) is 15.3 Å². The van der Waals surface area contributed by atoms with Crippen molar-refractivity contribution in [3.63, 3.8) is 0 Å². The summed E-state index contributed by atoms with van der Waals surface area (Å²) in [6.07, 6.45) is 3.20. The Morgan fingerprint density at radius 1 is 1.00 bits per heavy atom. The molecule has 0 fully saturated rings. The molecule has 86 valence electrons. The molecule has 0 rings (SSSR count). The van der Waals surface area contributed by atoms with Crippen molar-refractivity contribution in [1.29, 1.82) is 0 Å². The summed E-state index contributed by atoms with van der Waals surface area (Å²) in [6, 6.07) is 0. The maximum absolute atomic E-state index is 9.76. The van der Waals surface area contributed by atoms with Gasteiger partial charge in [-0.1, -0.05) is 13.3 Å². The highest BCUT2D eigenvalue weighted by molar-refractivity contribution is 5.89. The largest absolute Gasteiger partial charge is 0.481 e. The van der Waals surface area contributed by atoms with Gasteiger partial charge < -0.3 is 15.3 Å². The number of hydrogen-bond acceptors (Lipinski definition) is 3. The molecule has 0 amide bonds. The molecule has 0 aliphatic carbocycles. The molecule has 3 N–H and O–H groups in total. The fourth-order valence-corrected chi connectivity index (χ4v) is 0.471. The van der Waals surface area contributed by atoms with Gasteiger partial charge in [0.15, 0.2) is 0 Å². The fourth-order valence-electron chi connectivity index (χ4n) is 0.471. The molecule has 0 bridgehead atoms. The van der Waals surface area contributed by atoms with E-state index in [2.05, 4.69) is 0 Å². The third kappa shape index (κ3) is 24.5. The van der Waals surface area contributed by atoms with Gasteiger partial charge in [-0.3, -0.25) is 4.79 Å². The molecular formula is C9H14O6. The zero-order valence-electron chi connectivity index (χ0n) is 8.34. The standard InChI is InChI=1S/C5H10O2.C4H4O4/c1-2-3-4-5(6)7;5-3(6)1-2-4(7)8/h2-4H2,1H3,(H,6,7);1-2H,(H,5,6)(H,7,8)/b;2-1-. The predicted molar refractivity (Wildman–Crippen MR) is 51.6 cm³/mol. The summed E-state index contributed by atoms with van der Waals surface area (Å²) in [4.78, 5) is 28.9. The Bertz CT molecular complexity index is 227. The van der Waals surface area contributed by atoms with Crippen molar-refractivity contribution >= 4 is 17.9 Å². The van der Waals surface area contributed by atoms with E-state index in [0.29, 0.717) is 18.6 Å². The number of rotatable bonds is 5. The Balaban J connectivity index is 0. The average molecular weight is 218 g/mol. The van der Waals surface area contributed by atoms with Gasteiger partial charge in [0.1, 0.15) is 0 Å². The second-order valence-corrected chi connectivity index (χ2v) is 2.51. The summed E-state index contributed by atoms with van der Waals surface area (Å²) in [7, 11) is 0. The van der Waals surface area contributed by atoms with E-state index < -0.39 is 17.9 Å². The number of unbranched alkanes of at least 4 members (excludes halogenated alkanes) is 1. The van der Waals surface area contributed by atoms with E-state index in [1.807, 2.05) is 6.92 Å². The van der Waals surface area contributed by atoms with Gasteiger partial charge in [0.05, 0.1) is 0 Å². The van der Waals surface area contributed by atoms with E-state index in [1.54, 1.807) is 0 Å². The lowest BCUT2D eigenvalue weighted by atomic mass is 10.3. The first-order valence-electron chi connectivity index (χ1n) is 4.25. The lowest BCUT2D eigenvalue weighted by Crippen LogP contribution is -1.91. The third-order valence-electron chi connectivity index (χ3n) is 1.11. The Morgan fingerprint density at radius 3 is 1.53 bits per heavy atom. The highest BCUT2D eigenvalue weighted by atomic mass is 16.4. The Hall–Kier alpha value is -1.85. The van der Waals surface area contributed by atoms with Crippen LogP contribution in [0.1, 0.15) is 26.2 Å². The molecular weight excluding hydrogens is 204 g/mol. The van der Waals surface area contributed by atoms with Crippen LogP contribution in [0.5, 0.6) is 0 Å². The van der Waals surface area contributed by atoms with Gasteiger partial charge in [0.2, 0.25) is 0 Å². The van der Waals surface area contributed by atoms with Gasteiger partial charge in [0, 0.05) is 18.6 Å². The molecule has 0 unspecified atom stereocenters. The van der Waals surface area contributed by atoms with Crippen LogP contribution in [0, 0.1) is 0 Å². The number of carboxylic acid groups (broad SMARTS) is 3. The first-order chi connectivity index (χ1) is 6.90. The van der Waals surface area contributed by atoms with Crippen molar-refractivity contribution in [1.82, 2.24) is 0 Å². The predicted octanol–water partition coefficient (Wildman–Crippen LogP) is 0.973. The summed E-state index contributed by atoms with van der Waals surface area (Å²) < 4.78 is 0. The highest BCUT2D eigenvalue weighted by Crippen LogP contribution is 1.91. The molecule has 0 radical (unpaired) electrons. The second kappa shape index (κ2) is 10.2. The Labute approximate surface area is 86.8 Å². The first kappa shape index (κ1) is 15.6. The first-order valence-corrected chi connectivity index (χ1v) is 4.25. The normalized spacial score (nSPS) is 9.13. The van der Waals surface area contributed by atoms with Crippen molar-refractivity contribution in [3.05, 3.63) is 12.2 Å².